The highest BCUT2D eigenvalue weighted by Gasteiger charge is 2.02. The van der Waals surface area contributed by atoms with Gasteiger partial charge in [-0.1, -0.05) is 33.6 Å². The van der Waals surface area contributed by atoms with Crippen molar-refractivity contribution in [2.75, 3.05) is 5.32 Å². The lowest BCUT2D eigenvalue weighted by Gasteiger charge is -2.09. The molecule has 1 nitrogen and oxygen atoms in total. The molecule has 0 spiro atoms. The van der Waals surface area contributed by atoms with Gasteiger partial charge < -0.3 is 5.32 Å². The summed E-state index contributed by atoms with van der Waals surface area (Å²) >= 11 is 9.39. The van der Waals surface area contributed by atoms with Crippen molar-refractivity contribution < 1.29 is 4.39 Å². The summed E-state index contributed by atoms with van der Waals surface area (Å²) in [5.41, 5.74) is 2.43. The minimum atomic E-state index is -0.204. The Kier molecular flexibility index (Phi) is 4.25. The van der Waals surface area contributed by atoms with E-state index in [1.165, 1.54) is 6.07 Å². The number of halogens is 3. The molecule has 18 heavy (non-hydrogen) atoms. The Hall–Kier alpha value is -1.06. The van der Waals surface area contributed by atoms with Gasteiger partial charge in [0.15, 0.2) is 0 Å². The van der Waals surface area contributed by atoms with Crippen LogP contribution in [0.15, 0.2) is 40.9 Å². The third-order valence-electron chi connectivity index (χ3n) is 2.66. The third kappa shape index (κ3) is 3.24. The summed E-state index contributed by atoms with van der Waals surface area (Å²) in [7, 11) is 0. The van der Waals surface area contributed by atoms with Gasteiger partial charge in [-0.3, -0.25) is 0 Å². The van der Waals surface area contributed by atoms with E-state index in [2.05, 4.69) is 21.2 Å². The summed E-state index contributed by atoms with van der Waals surface area (Å²) in [5.74, 6) is -0.204. The zero-order valence-electron chi connectivity index (χ0n) is 9.81. The summed E-state index contributed by atoms with van der Waals surface area (Å²) in [6.07, 6.45) is 0. The van der Waals surface area contributed by atoms with Crippen molar-refractivity contribution in [3.63, 3.8) is 0 Å². The quantitative estimate of drug-likeness (QED) is 0.820. The fraction of sp³-hybridized carbons (Fsp3) is 0.143. The number of rotatable bonds is 3. The number of anilines is 1. The van der Waals surface area contributed by atoms with Gasteiger partial charge in [-0.25, -0.2) is 4.39 Å². The van der Waals surface area contributed by atoms with Crippen molar-refractivity contribution in [3.8, 4) is 0 Å². The highest BCUT2D eigenvalue weighted by Crippen LogP contribution is 2.22. The van der Waals surface area contributed by atoms with Crippen LogP contribution in [0.25, 0.3) is 0 Å². The first-order valence-electron chi connectivity index (χ1n) is 5.50. The zero-order valence-corrected chi connectivity index (χ0v) is 12.1. The first kappa shape index (κ1) is 13.4. The van der Waals surface area contributed by atoms with Gasteiger partial charge in [0.05, 0.1) is 0 Å². The molecular weight excluding hydrogens is 317 g/mol. The van der Waals surface area contributed by atoms with Crippen LogP contribution >= 0.6 is 27.5 Å². The molecule has 2 aromatic rings. The molecule has 2 aromatic carbocycles. The van der Waals surface area contributed by atoms with Gasteiger partial charge in [-0.15, -0.1) is 0 Å². The van der Waals surface area contributed by atoms with Crippen LogP contribution in [0.4, 0.5) is 10.1 Å². The van der Waals surface area contributed by atoms with Crippen molar-refractivity contribution in [1.82, 2.24) is 0 Å². The molecule has 0 radical (unpaired) electrons. The standard InChI is InChI=1S/C14H12BrClFN/c1-9-2-4-12(7-14(9)17)18-8-10-6-11(16)3-5-13(10)15/h2-7,18H,8H2,1H3. The maximum atomic E-state index is 13.4. The van der Waals surface area contributed by atoms with Crippen molar-refractivity contribution in [1.29, 1.82) is 0 Å². The number of hydrogen-bond acceptors (Lipinski definition) is 1. The SMILES string of the molecule is Cc1ccc(NCc2cc(Cl)ccc2Br)cc1F. The van der Waals surface area contributed by atoms with Crippen LogP contribution < -0.4 is 5.32 Å². The summed E-state index contributed by atoms with van der Waals surface area (Å²) in [6, 6.07) is 10.7. The van der Waals surface area contributed by atoms with Gasteiger partial charge in [0.2, 0.25) is 0 Å². The van der Waals surface area contributed by atoms with Gasteiger partial charge in [-0.05, 0) is 48.4 Å². The van der Waals surface area contributed by atoms with E-state index >= 15 is 0 Å². The zero-order chi connectivity index (χ0) is 13.1. The van der Waals surface area contributed by atoms with Gasteiger partial charge in [0.1, 0.15) is 5.82 Å². The number of nitrogens with one attached hydrogen (secondary N) is 1. The molecule has 0 heterocycles. The molecule has 0 saturated heterocycles. The van der Waals surface area contributed by atoms with Crippen LogP contribution in [0.3, 0.4) is 0 Å². The van der Waals surface area contributed by atoms with Crippen LogP contribution in [-0.2, 0) is 6.54 Å². The van der Waals surface area contributed by atoms with E-state index in [4.69, 9.17) is 11.6 Å². The topological polar surface area (TPSA) is 12.0 Å². The predicted octanol–water partition coefficient (Wildman–Crippen LogP) is 5.16. The van der Waals surface area contributed by atoms with E-state index in [0.717, 1.165) is 15.7 Å². The van der Waals surface area contributed by atoms with Crippen molar-refractivity contribution in [2.45, 2.75) is 13.5 Å². The van der Waals surface area contributed by atoms with E-state index in [1.807, 2.05) is 24.3 Å². The molecule has 0 aliphatic carbocycles. The molecule has 0 saturated carbocycles. The summed E-state index contributed by atoms with van der Waals surface area (Å²) in [4.78, 5) is 0. The lowest BCUT2D eigenvalue weighted by molar-refractivity contribution is 0.619. The second kappa shape index (κ2) is 5.72. The Balaban J connectivity index is 2.11. The van der Waals surface area contributed by atoms with E-state index in [-0.39, 0.29) is 5.82 Å². The average Bonchev–Trinajstić information content (AvgIpc) is 2.34. The largest absolute Gasteiger partial charge is 0.381 e. The van der Waals surface area contributed by atoms with Gasteiger partial charge in [-0.2, -0.15) is 0 Å². The molecule has 4 heteroatoms. The van der Waals surface area contributed by atoms with Gasteiger partial charge in [0.25, 0.3) is 0 Å². The predicted molar refractivity (Wildman–Crippen MR) is 77.6 cm³/mol. The van der Waals surface area contributed by atoms with Crippen LogP contribution in [-0.4, -0.2) is 0 Å². The molecule has 0 aliphatic rings. The Labute approximate surface area is 119 Å². The lowest BCUT2D eigenvalue weighted by Crippen LogP contribution is -2.01. The average molecular weight is 329 g/mol. The Morgan fingerprint density at radius 2 is 2.00 bits per heavy atom. The van der Waals surface area contributed by atoms with Crippen molar-refractivity contribution in [2.24, 2.45) is 0 Å². The molecular formula is C14H12BrClFN. The van der Waals surface area contributed by atoms with Crippen molar-refractivity contribution >= 4 is 33.2 Å². The third-order valence-corrected chi connectivity index (χ3v) is 3.67. The molecule has 0 unspecified atom stereocenters. The second-order valence-corrected chi connectivity index (χ2v) is 5.34. The maximum absolute atomic E-state index is 13.4. The Morgan fingerprint density at radius 3 is 2.72 bits per heavy atom. The van der Waals surface area contributed by atoms with Gasteiger partial charge >= 0.3 is 0 Å². The molecule has 0 amide bonds. The Bertz CT molecular complexity index is 572. The first-order valence-corrected chi connectivity index (χ1v) is 6.67. The highest BCUT2D eigenvalue weighted by atomic mass is 79.9. The number of aryl methyl sites for hydroxylation is 1. The molecule has 0 aromatic heterocycles. The molecule has 94 valence electrons. The van der Waals surface area contributed by atoms with Gasteiger partial charge in [0, 0.05) is 21.7 Å². The first-order chi connectivity index (χ1) is 8.56. The minimum absolute atomic E-state index is 0.204. The summed E-state index contributed by atoms with van der Waals surface area (Å²) < 4.78 is 14.4. The summed E-state index contributed by atoms with van der Waals surface area (Å²) in [5, 5.41) is 3.85. The van der Waals surface area contributed by atoms with Crippen LogP contribution in [0, 0.1) is 12.7 Å². The van der Waals surface area contributed by atoms with E-state index < -0.39 is 0 Å². The maximum Gasteiger partial charge on any atom is 0.128 e. The van der Waals surface area contributed by atoms with Crippen LogP contribution in [0.2, 0.25) is 5.02 Å². The molecule has 1 N–H and O–H groups in total. The second-order valence-electron chi connectivity index (χ2n) is 4.05. The normalized spacial score (nSPS) is 10.4. The smallest absolute Gasteiger partial charge is 0.128 e. The fourth-order valence-electron chi connectivity index (χ4n) is 1.58. The molecule has 2 rings (SSSR count). The van der Waals surface area contributed by atoms with Crippen LogP contribution in [0.1, 0.15) is 11.1 Å². The molecule has 0 aliphatic heterocycles. The van der Waals surface area contributed by atoms with Crippen LogP contribution in [0.5, 0.6) is 0 Å². The van der Waals surface area contributed by atoms with E-state index in [1.54, 1.807) is 13.0 Å². The number of hydrogen-bond donors (Lipinski definition) is 1. The molecule has 0 fully saturated rings. The lowest BCUT2D eigenvalue weighted by atomic mass is 10.2. The number of benzene rings is 2. The minimum Gasteiger partial charge on any atom is -0.381 e. The summed E-state index contributed by atoms with van der Waals surface area (Å²) in [6.45, 7) is 2.33. The molecule has 0 atom stereocenters. The van der Waals surface area contributed by atoms with E-state index in [0.29, 0.717) is 17.1 Å². The van der Waals surface area contributed by atoms with E-state index in [9.17, 15) is 4.39 Å². The fourth-order valence-corrected chi connectivity index (χ4v) is 2.16. The van der Waals surface area contributed by atoms with Crippen molar-refractivity contribution in [3.05, 3.63) is 62.8 Å². The highest BCUT2D eigenvalue weighted by molar-refractivity contribution is 9.10. The Morgan fingerprint density at radius 1 is 1.22 bits per heavy atom. The monoisotopic (exact) mass is 327 g/mol. The molecule has 0 bridgehead atoms.